The normalized spacial score (nSPS) is 12.5. The first-order valence-corrected chi connectivity index (χ1v) is 6.72. The second kappa shape index (κ2) is 6.70. The Hall–Kier alpha value is -0.810. The Morgan fingerprint density at radius 2 is 2.25 bits per heavy atom. The highest BCUT2D eigenvalue weighted by Crippen LogP contribution is 2.14. The summed E-state index contributed by atoms with van der Waals surface area (Å²) in [5, 5.41) is 9.00. The molecule has 90 valence electrons. The number of aliphatic hydroxyl groups is 1. The molecule has 0 amide bonds. The van der Waals surface area contributed by atoms with Crippen molar-refractivity contribution >= 4 is 17.6 Å². The lowest BCUT2D eigenvalue weighted by atomic mass is 10.2. The van der Waals surface area contributed by atoms with E-state index in [0.717, 1.165) is 18.0 Å². The summed E-state index contributed by atoms with van der Waals surface area (Å²) in [6, 6.07) is 0.427. The van der Waals surface area contributed by atoms with Gasteiger partial charge in [0.1, 0.15) is 5.82 Å². The monoisotopic (exact) mass is 241 g/mol. The molecule has 0 spiro atoms. The van der Waals surface area contributed by atoms with Crippen LogP contribution in [0.25, 0.3) is 0 Å². The number of hydrogen-bond acceptors (Lipinski definition) is 5. The average molecular weight is 241 g/mol. The molecule has 1 unspecified atom stereocenters. The molecule has 0 radical (unpaired) electrons. The van der Waals surface area contributed by atoms with E-state index in [1.807, 2.05) is 18.8 Å². The summed E-state index contributed by atoms with van der Waals surface area (Å²) in [6.45, 7) is 2.11. The molecular formula is C11H19N3OS. The van der Waals surface area contributed by atoms with Gasteiger partial charge in [0, 0.05) is 13.1 Å². The first kappa shape index (κ1) is 13.3. The molecule has 1 atom stereocenters. The number of aromatic nitrogens is 2. The van der Waals surface area contributed by atoms with E-state index in [1.54, 1.807) is 12.4 Å². The van der Waals surface area contributed by atoms with Crippen molar-refractivity contribution in [2.24, 2.45) is 0 Å². The lowest BCUT2D eigenvalue weighted by Gasteiger charge is -2.25. The van der Waals surface area contributed by atoms with Gasteiger partial charge in [-0.2, -0.15) is 11.8 Å². The van der Waals surface area contributed by atoms with E-state index in [9.17, 15) is 0 Å². The maximum Gasteiger partial charge on any atom is 0.147 e. The van der Waals surface area contributed by atoms with Gasteiger partial charge in [-0.15, -0.1) is 0 Å². The molecule has 0 aliphatic rings. The van der Waals surface area contributed by atoms with Crippen LogP contribution in [-0.2, 0) is 6.61 Å². The maximum absolute atomic E-state index is 9.00. The Morgan fingerprint density at radius 3 is 2.88 bits per heavy atom. The summed E-state index contributed by atoms with van der Waals surface area (Å²) in [4.78, 5) is 10.5. The summed E-state index contributed by atoms with van der Waals surface area (Å²) < 4.78 is 0. The van der Waals surface area contributed by atoms with Gasteiger partial charge < -0.3 is 10.0 Å². The van der Waals surface area contributed by atoms with E-state index in [2.05, 4.69) is 28.0 Å². The molecule has 0 saturated heterocycles. The minimum Gasteiger partial charge on any atom is -0.390 e. The fraction of sp³-hybridized carbons (Fsp3) is 0.636. The van der Waals surface area contributed by atoms with Gasteiger partial charge in [0.05, 0.1) is 24.7 Å². The Balaban J connectivity index is 2.67. The van der Waals surface area contributed by atoms with E-state index in [0.29, 0.717) is 11.7 Å². The first-order chi connectivity index (χ1) is 7.69. The van der Waals surface area contributed by atoms with Gasteiger partial charge >= 0.3 is 0 Å². The number of nitrogens with zero attached hydrogens (tertiary/aromatic N) is 3. The molecule has 16 heavy (non-hydrogen) atoms. The van der Waals surface area contributed by atoms with E-state index in [4.69, 9.17) is 5.11 Å². The number of rotatable bonds is 6. The van der Waals surface area contributed by atoms with Crippen molar-refractivity contribution in [2.75, 3.05) is 24.0 Å². The van der Waals surface area contributed by atoms with Crippen LogP contribution in [0, 0.1) is 0 Å². The van der Waals surface area contributed by atoms with Crippen LogP contribution in [0.3, 0.4) is 0 Å². The zero-order chi connectivity index (χ0) is 12.0. The fourth-order valence-corrected chi connectivity index (χ4v) is 1.93. The topological polar surface area (TPSA) is 49.2 Å². The molecule has 0 aliphatic carbocycles. The van der Waals surface area contributed by atoms with Gasteiger partial charge in [-0.1, -0.05) is 0 Å². The van der Waals surface area contributed by atoms with E-state index >= 15 is 0 Å². The quantitative estimate of drug-likeness (QED) is 0.819. The summed E-state index contributed by atoms with van der Waals surface area (Å²) >= 11 is 1.85. The molecular weight excluding hydrogens is 222 g/mol. The predicted octanol–water partition coefficient (Wildman–Crippen LogP) is 1.55. The van der Waals surface area contributed by atoms with Crippen molar-refractivity contribution < 1.29 is 5.11 Å². The molecule has 1 aromatic rings. The van der Waals surface area contributed by atoms with E-state index in [-0.39, 0.29) is 6.61 Å². The fourth-order valence-electron chi connectivity index (χ4n) is 1.35. The second-order valence-corrected chi connectivity index (χ2v) is 4.75. The highest BCUT2D eigenvalue weighted by atomic mass is 32.2. The summed E-state index contributed by atoms with van der Waals surface area (Å²) in [5.41, 5.74) is 0.612. The molecule has 0 aromatic carbocycles. The van der Waals surface area contributed by atoms with Crippen LogP contribution in [0.4, 0.5) is 5.82 Å². The van der Waals surface area contributed by atoms with Gasteiger partial charge in [-0.3, -0.25) is 4.98 Å². The number of hydrogen-bond donors (Lipinski definition) is 1. The smallest absolute Gasteiger partial charge is 0.147 e. The number of anilines is 1. The SMILES string of the molecule is CSCCC(C)N(C)c1cncc(CO)n1. The molecule has 1 N–H and O–H groups in total. The van der Waals surface area contributed by atoms with Crippen molar-refractivity contribution in [3.05, 3.63) is 18.1 Å². The Morgan fingerprint density at radius 1 is 1.50 bits per heavy atom. The standard InChI is InChI=1S/C11H19N3OS/c1-9(4-5-16-3)14(2)11-7-12-6-10(8-15)13-11/h6-7,9,15H,4-5,8H2,1-3H3. The van der Waals surface area contributed by atoms with Crippen LogP contribution in [0.5, 0.6) is 0 Å². The van der Waals surface area contributed by atoms with Gasteiger partial charge in [-0.05, 0) is 25.4 Å². The molecule has 0 saturated carbocycles. The zero-order valence-corrected chi connectivity index (χ0v) is 10.9. The van der Waals surface area contributed by atoms with Crippen LogP contribution in [0.1, 0.15) is 19.0 Å². The Labute approximate surface area is 101 Å². The highest BCUT2D eigenvalue weighted by Gasteiger charge is 2.11. The van der Waals surface area contributed by atoms with Crippen LogP contribution < -0.4 is 4.90 Å². The van der Waals surface area contributed by atoms with Crippen molar-refractivity contribution in [1.82, 2.24) is 9.97 Å². The first-order valence-electron chi connectivity index (χ1n) is 5.32. The molecule has 5 heteroatoms. The minimum atomic E-state index is -0.0616. The third-order valence-electron chi connectivity index (χ3n) is 2.60. The zero-order valence-electron chi connectivity index (χ0n) is 10.1. The third-order valence-corrected chi connectivity index (χ3v) is 3.24. The Kier molecular flexibility index (Phi) is 5.55. The number of aliphatic hydroxyl groups excluding tert-OH is 1. The summed E-state index contributed by atoms with van der Waals surface area (Å²) in [5.74, 6) is 1.96. The van der Waals surface area contributed by atoms with Crippen molar-refractivity contribution in [1.29, 1.82) is 0 Å². The summed E-state index contributed by atoms with van der Waals surface area (Å²) in [6.07, 6.45) is 6.54. The van der Waals surface area contributed by atoms with Crippen LogP contribution in [-0.4, -0.2) is 40.2 Å². The predicted molar refractivity (Wildman–Crippen MR) is 68.8 cm³/mol. The van der Waals surface area contributed by atoms with Gasteiger partial charge in [0.15, 0.2) is 0 Å². The summed E-state index contributed by atoms with van der Waals surface area (Å²) in [7, 11) is 2.01. The minimum absolute atomic E-state index is 0.0616. The molecule has 0 fully saturated rings. The molecule has 0 bridgehead atoms. The molecule has 1 aromatic heterocycles. The highest BCUT2D eigenvalue weighted by molar-refractivity contribution is 7.98. The van der Waals surface area contributed by atoms with Gasteiger partial charge in [-0.25, -0.2) is 4.98 Å². The maximum atomic E-state index is 9.00. The van der Waals surface area contributed by atoms with Crippen molar-refractivity contribution in [3.8, 4) is 0 Å². The molecule has 1 heterocycles. The second-order valence-electron chi connectivity index (χ2n) is 3.77. The van der Waals surface area contributed by atoms with Crippen molar-refractivity contribution in [2.45, 2.75) is 26.0 Å². The third kappa shape index (κ3) is 3.64. The van der Waals surface area contributed by atoms with Crippen LogP contribution >= 0.6 is 11.8 Å². The largest absolute Gasteiger partial charge is 0.390 e. The van der Waals surface area contributed by atoms with Crippen molar-refractivity contribution in [3.63, 3.8) is 0 Å². The van der Waals surface area contributed by atoms with Crippen LogP contribution in [0.15, 0.2) is 12.4 Å². The molecule has 4 nitrogen and oxygen atoms in total. The lowest BCUT2D eigenvalue weighted by Crippen LogP contribution is -2.30. The van der Waals surface area contributed by atoms with E-state index < -0.39 is 0 Å². The van der Waals surface area contributed by atoms with E-state index in [1.165, 1.54) is 0 Å². The van der Waals surface area contributed by atoms with Gasteiger partial charge in [0.2, 0.25) is 0 Å². The van der Waals surface area contributed by atoms with Crippen LogP contribution in [0.2, 0.25) is 0 Å². The molecule has 0 aliphatic heterocycles. The lowest BCUT2D eigenvalue weighted by molar-refractivity contribution is 0.276. The molecule has 1 rings (SSSR count). The van der Waals surface area contributed by atoms with Gasteiger partial charge in [0.25, 0.3) is 0 Å². The Bertz CT molecular complexity index is 322. The number of thioether (sulfide) groups is 1. The average Bonchev–Trinajstić information content (AvgIpc) is 2.35.